The normalized spacial score (nSPS) is 12.6. The lowest BCUT2D eigenvalue weighted by Gasteiger charge is -2.10. The molecule has 0 aliphatic rings. The predicted octanol–water partition coefficient (Wildman–Crippen LogP) is 3.79. The summed E-state index contributed by atoms with van der Waals surface area (Å²) in [6.07, 6.45) is 3.31. The number of nitrogens with zero attached hydrogens (tertiary/aromatic N) is 1. The SMILES string of the molecule is CSC(C)CCNc1ccc2ccccc2n1. The first kappa shape index (κ1) is 12.2. The number of nitrogens with one attached hydrogen (secondary N) is 1. The molecule has 0 fully saturated rings. The maximum Gasteiger partial charge on any atom is 0.126 e. The molecule has 0 saturated heterocycles. The summed E-state index contributed by atoms with van der Waals surface area (Å²) in [5.74, 6) is 0.969. The van der Waals surface area contributed by atoms with E-state index in [9.17, 15) is 0 Å². The fourth-order valence-electron chi connectivity index (χ4n) is 1.69. The Morgan fingerprint density at radius 1 is 1.24 bits per heavy atom. The third-order valence-corrected chi connectivity index (χ3v) is 3.90. The van der Waals surface area contributed by atoms with Crippen molar-refractivity contribution >= 4 is 28.5 Å². The molecule has 0 radical (unpaired) electrons. The zero-order chi connectivity index (χ0) is 12.1. The van der Waals surface area contributed by atoms with Gasteiger partial charge in [0.05, 0.1) is 5.52 Å². The van der Waals surface area contributed by atoms with Crippen molar-refractivity contribution in [1.29, 1.82) is 0 Å². The molecule has 1 aromatic carbocycles. The Kier molecular flexibility index (Phi) is 4.26. The summed E-state index contributed by atoms with van der Waals surface area (Å²) in [7, 11) is 0. The van der Waals surface area contributed by atoms with E-state index in [1.807, 2.05) is 36.0 Å². The Morgan fingerprint density at radius 2 is 2.06 bits per heavy atom. The van der Waals surface area contributed by atoms with Gasteiger partial charge in [-0.25, -0.2) is 4.98 Å². The van der Waals surface area contributed by atoms with Gasteiger partial charge < -0.3 is 5.32 Å². The third-order valence-electron chi connectivity index (χ3n) is 2.86. The maximum absolute atomic E-state index is 4.58. The molecule has 0 spiro atoms. The molecule has 1 N–H and O–H groups in total. The van der Waals surface area contributed by atoms with Crippen molar-refractivity contribution in [3.05, 3.63) is 36.4 Å². The van der Waals surface area contributed by atoms with E-state index < -0.39 is 0 Å². The van der Waals surface area contributed by atoms with E-state index in [4.69, 9.17) is 0 Å². The van der Waals surface area contributed by atoms with Gasteiger partial charge in [0, 0.05) is 17.2 Å². The number of thioether (sulfide) groups is 1. The fraction of sp³-hybridized carbons (Fsp3) is 0.357. The summed E-state index contributed by atoms with van der Waals surface area (Å²) in [6, 6.07) is 12.4. The number of aromatic nitrogens is 1. The molecule has 90 valence electrons. The molecule has 0 bridgehead atoms. The third kappa shape index (κ3) is 3.37. The van der Waals surface area contributed by atoms with E-state index in [0.717, 1.165) is 24.3 Å². The molecule has 0 amide bonds. The van der Waals surface area contributed by atoms with Crippen LogP contribution in [0.25, 0.3) is 10.9 Å². The minimum absolute atomic E-state index is 0.697. The van der Waals surface area contributed by atoms with Gasteiger partial charge in [-0.1, -0.05) is 25.1 Å². The van der Waals surface area contributed by atoms with Gasteiger partial charge in [-0.15, -0.1) is 0 Å². The highest BCUT2D eigenvalue weighted by Crippen LogP contribution is 2.15. The standard InChI is InChI=1S/C14H18N2S/c1-11(17-2)9-10-15-14-8-7-12-5-3-4-6-13(12)16-14/h3-8,11H,9-10H2,1-2H3,(H,15,16). The molecule has 0 saturated carbocycles. The van der Waals surface area contributed by atoms with Gasteiger partial charge in [0.25, 0.3) is 0 Å². The van der Waals surface area contributed by atoms with E-state index in [-0.39, 0.29) is 0 Å². The largest absolute Gasteiger partial charge is 0.370 e. The monoisotopic (exact) mass is 246 g/mol. The molecule has 1 heterocycles. The van der Waals surface area contributed by atoms with Crippen molar-refractivity contribution in [3.8, 4) is 0 Å². The van der Waals surface area contributed by atoms with Crippen molar-refractivity contribution in [2.45, 2.75) is 18.6 Å². The van der Waals surface area contributed by atoms with Crippen molar-refractivity contribution in [2.75, 3.05) is 18.1 Å². The van der Waals surface area contributed by atoms with Gasteiger partial charge in [0.2, 0.25) is 0 Å². The second kappa shape index (κ2) is 5.92. The lowest BCUT2D eigenvalue weighted by atomic mass is 10.2. The zero-order valence-electron chi connectivity index (χ0n) is 10.3. The Balaban J connectivity index is 1.99. The number of benzene rings is 1. The average Bonchev–Trinajstić information content (AvgIpc) is 2.38. The summed E-state index contributed by atoms with van der Waals surface area (Å²) in [4.78, 5) is 4.58. The van der Waals surface area contributed by atoms with Gasteiger partial charge >= 0.3 is 0 Å². The van der Waals surface area contributed by atoms with E-state index in [0.29, 0.717) is 5.25 Å². The van der Waals surface area contributed by atoms with Crippen LogP contribution in [0.3, 0.4) is 0 Å². The van der Waals surface area contributed by atoms with E-state index >= 15 is 0 Å². The molecule has 1 atom stereocenters. The molecule has 17 heavy (non-hydrogen) atoms. The number of pyridine rings is 1. The second-order valence-electron chi connectivity index (χ2n) is 4.15. The molecule has 2 nitrogen and oxygen atoms in total. The Hall–Kier alpha value is -1.22. The first-order valence-electron chi connectivity index (χ1n) is 5.92. The topological polar surface area (TPSA) is 24.9 Å². The number of hydrogen-bond acceptors (Lipinski definition) is 3. The van der Waals surface area contributed by atoms with E-state index in [1.54, 1.807) is 0 Å². The molecular formula is C14H18N2S. The van der Waals surface area contributed by atoms with Crippen molar-refractivity contribution in [2.24, 2.45) is 0 Å². The minimum atomic E-state index is 0.697. The lowest BCUT2D eigenvalue weighted by molar-refractivity contribution is 0.851. The van der Waals surface area contributed by atoms with E-state index in [1.165, 1.54) is 5.39 Å². The van der Waals surface area contributed by atoms with E-state index in [2.05, 4.69) is 35.6 Å². The number of fused-ring (bicyclic) bond motifs is 1. The quantitative estimate of drug-likeness (QED) is 0.869. The van der Waals surface area contributed by atoms with Crippen molar-refractivity contribution in [1.82, 2.24) is 4.98 Å². The molecule has 0 aliphatic heterocycles. The van der Waals surface area contributed by atoms with Crippen LogP contribution in [0.2, 0.25) is 0 Å². The van der Waals surface area contributed by atoms with Gasteiger partial charge in [-0.05, 0) is 30.9 Å². The summed E-state index contributed by atoms with van der Waals surface area (Å²) >= 11 is 1.90. The number of anilines is 1. The maximum atomic E-state index is 4.58. The second-order valence-corrected chi connectivity index (χ2v) is 5.43. The first-order valence-corrected chi connectivity index (χ1v) is 7.21. The predicted molar refractivity (Wildman–Crippen MR) is 77.8 cm³/mol. The van der Waals surface area contributed by atoms with Crippen LogP contribution >= 0.6 is 11.8 Å². The van der Waals surface area contributed by atoms with Crippen LogP contribution in [-0.4, -0.2) is 23.0 Å². The van der Waals surface area contributed by atoms with Gasteiger partial charge in [-0.3, -0.25) is 0 Å². The fourth-order valence-corrected chi connectivity index (χ4v) is 2.04. The molecule has 1 unspecified atom stereocenters. The highest BCUT2D eigenvalue weighted by Gasteiger charge is 2.00. The van der Waals surface area contributed by atoms with Gasteiger partial charge in [0.15, 0.2) is 0 Å². The summed E-state index contributed by atoms with van der Waals surface area (Å²) in [5, 5.41) is 5.27. The van der Waals surface area contributed by atoms with Crippen LogP contribution in [0, 0.1) is 0 Å². The van der Waals surface area contributed by atoms with Gasteiger partial charge in [0.1, 0.15) is 5.82 Å². The smallest absolute Gasteiger partial charge is 0.126 e. The first-order chi connectivity index (χ1) is 8.29. The van der Waals surface area contributed by atoms with Crippen LogP contribution in [-0.2, 0) is 0 Å². The van der Waals surface area contributed by atoms with Gasteiger partial charge in [-0.2, -0.15) is 11.8 Å². The highest BCUT2D eigenvalue weighted by molar-refractivity contribution is 7.99. The number of para-hydroxylation sites is 1. The van der Waals surface area contributed by atoms with Crippen LogP contribution in [0.1, 0.15) is 13.3 Å². The number of hydrogen-bond donors (Lipinski definition) is 1. The van der Waals surface area contributed by atoms with Crippen LogP contribution in [0.4, 0.5) is 5.82 Å². The zero-order valence-corrected chi connectivity index (χ0v) is 11.1. The molecule has 2 rings (SSSR count). The molecule has 1 aromatic heterocycles. The van der Waals surface area contributed by atoms with Crippen molar-refractivity contribution in [3.63, 3.8) is 0 Å². The Bertz CT molecular complexity index is 484. The molecule has 3 heteroatoms. The summed E-state index contributed by atoms with van der Waals surface area (Å²) in [5.41, 5.74) is 1.05. The average molecular weight is 246 g/mol. The Labute approximate surface area is 107 Å². The molecule has 2 aromatic rings. The van der Waals surface area contributed by atoms with Crippen LogP contribution in [0.15, 0.2) is 36.4 Å². The lowest BCUT2D eigenvalue weighted by Crippen LogP contribution is -2.08. The summed E-state index contributed by atoms with van der Waals surface area (Å²) < 4.78 is 0. The minimum Gasteiger partial charge on any atom is -0.370 e. The highest BCUT2D eigenvalue weighted by atomic mass is 32.2. The number of rotatable bonds is 5. The van der Waals surface area contributed by atoms with Crippen LogP contribution in [0.5, 0.6) is 0 Å². The van der Waals surface area contributed by atoms with Crippen molar-refractivity contribution < 1.29 is 0 Å². The van der Waals surface area contributed by atoms with Crippen LogP contribution < -0.4 is 5.32 Å². The molecular weight excluding hydrogens is 228 g/mol. The molecule has 0 aliphatic carbocycles. The Morgan fingerprint density at radius 3 is 2.88 bits per heavy atom. The summed E-state index contributed by atoms with van der Waals surface area (Å²) in [6.45, 7) is 3.23.